The molecule has 0 bridgehead atoms. The van der Waals surface area contributed by atoms with Gasteiger partial charge in [-0.15, -0.1) is 0 Å². The molecule has 0 atom stereocenters. The van der Waals surface area contributed by atoms with Crippen molar-refractivity contribution in [1.29, 1.82) is 0 Å². The minimum atomic E-state index is -1.64. The van der Waals surface area contributed by atoms with E-state index in [-0.39, 0.29) is 6.71 Å². The van der Waals surface area contributed by atoms with Gasteiger partial charge in [0.25, 0.3) is 0 Å². The van der Waals surface area contributed by atoms with Crippen LogP contribution in [0.2, 0.25) is 19.1 Å². The summed E-state index contributed by atoms with van der Waals surface area (Å²) in [5.41, 5.74) is 6.86. The largest absolute Gasteiger partial charge is 0.241 e. The Balaban J connectivity index is 2.44. The van der Waals surface area contributed by atoms with Crippen LogP contribution in [0.5, 0.6) is 0 Å². The fraction of sp³-hybridized carbons (Fsp3) is 0.214. The third-order valence-corrected chi connectivity index (χ3v) is 9.62. The van der Waals surface area contributed by atoms with Crippen molar-refractivity contribution in [2.24, 2.45) is 0 Å². The normalized spacial score (nSPS) is 12.2. The molecule has 0 saturated heterocycles. The molecule has 152 valence electrons. The molecule has 0 aliphatic carbocycles. The van der Waals surface area contributed by atoms with Gasteiger partial charge in [-0.3, -0.25) is 0 Å². The number of hydrogen-bond acceptors (Lipinski definition) is 0. The minimum absolute atomic E-state index is 0.207. The number of hydrogen-bond donors (Lipinski definition) is 0. The molecule has 0 saturated carbocycles. The first kappa shape index (κ1) is 22.1. The van der Waals surface area contributed by atoms with Crippen LogP contribution in [-0.4, -0.2) is 14.8 Å². The quantitative estimate of drug-likeness (QED) is 0.308. The van der Waals surface area contributed by atoms with Crippen molar-refractivity contribution >= 4 is 31.2 Å². The van der Waals surface area contributed by atoms with Crippen LogP contribution < -0.4 is 10.9 Å². The molecular weight excluding hydrogens is 375 g/mol. The SMILES string of the molecule is CC[Si](C)(C)/C(C=C(C)C)=C(\B(c1ccccc1)c1ccccc1)c1ccccc1. The van der Waals surface area contributed by atoms with Crippen LogP contribution in [0.1, 0.15) is 26.3 Å². The molecule has 0 unspecified atom stereocenters. The van der Waals surface area contributed by atoms with Crippen molar-refractivity contribution < 1.29 is 0 Å². The average molecular weight is 408 g/mol. The molecule has 0 aliphatic rings. The zero-order valence-corrected chi connectivity index (χ0v) is 20.0. The first-order valence-electron chi connectivity index (χ1n) is 11.0. The Morgan fingerprint density at radius 2 is 1.17 bits per heavy atom. The van der Waals surface area contributed by atoms with Crippen molar-refractivity contribution in [3.63, 3.8) is 0 Å². The van der Waals surface area contributed by atoms with Crippen LogP contribution in [0.15, 0.2) is 108 Å². The summed E-state index contributed by atoms with van der Waals surface area (Å²) in [6, 6.07) is 34.2. The second-order valence-corrected chi connectivity index (χ2v) is 13.9. The van der Waals surface area contributed by atoms with E-state index in [1.165, 1.54) is 33.6 Å². The highest BCUT2D eigenvalue weighted by molar-refractivity contribution is 7.02. The van der Waals surface area contributed by atoms with E-state index >= 15 is 0 Å². The van der Waals surface area contributed by atoms with Gasteiger partial charge in [-0.2, -0.15) is 0 Å². The van der Waals surface area contributed by atoms with E-state index in [1.807, 2.05) is 0 Å². The van der Waals surface area contributed by atoms with E-state index in [4.69, 9.17) is 0 Å². The molecule has 0 aromatic heterocycles. The summed E-state index contributed by atoms with van der Waals surface area (Å²) in [7, 11) is -1.64. The van der Waals surface area contributed by atoms with Gasteiger partial charge < -0.3 is 0 Å². The van der Waals surface area contributed by atoms with Gasteiger partial charge in [0.05, 0.1) is 8.07 Å². The summed E-state index contributed by atoms with van der Waals surface area (Å²) in [4.78, 5) is 0. The Morgan fingerprint density at radius 1 is 0.733 bits per heavy atom. The zero-order chi connectivity index (χ0) is 21.6. The lowest BCUT2D eigenvalue weighted by atomic mass is 9.35. The monoisotopic (exact) mass is 408 g/mol. The molecule has 0 fully saturated rings. The van der Waals surface area contributed by atoms with Crippen molar-refractivity contribution in [3.8, 4) is 0 Å². The van der Waals surface area contributed by atoms with Crippen molar-refractivity contribution in [2.45, 2.75) is 39.9 Å². The highest BCUT2D eigenvalue weighted by atomic mass is 28.3. The highest BCUT2D eigenvalue weighted by Crippen LogP contribution is 2.32. The fourth-order valence-electron chi connectivity index (χ4n) is 4.03. The summed E-state index contributed by atoms with van der Waals surface area (Å²) >= 11 is 0. The lowest BCUT2D eigenvalue weighted by Crippen LogP contribution is -2.45. The van der Waals surface area contributed by atoms with Crippen LogP contribution in [0.4, 0.5) is 0 Å². The van der Waals surface area contributed by atoms with E-state index in [9.17, 15) is 0 Å². The second kappa shape index (κ2) is 9.95. The molecule has 0 radical (unpaired) electrons. The molecule has 3 aromatic carbocycles. The molecule has 0 spiro atoms. The Kier molecular flexibility index (Phi) is 7.34. The molecule has 0 nitrogen and oxygen atoms in total. The van der Waals surface area contributed by atoms with Crippen molar-refractivity contribution in [3.05, 3.63) is 113 Å². The van der Waals surface area contributed by atoms with E-state index in [1.54, 1.807) is 5.20 Å². The third-order valence-electron chi connectivity index (χ3n) is 5.98. The zero-order valence-electron chi connectivity index (χ0n) is 19.0. The van der Waals surface area contributed by atoms with Gasteiger partial charge in [-0.1, -0.05) is 150 Å². The number of rotatable bonds is 7. The molecule has 3 rings (SSSR count). The maximum Gasteiger partial charge on any atom is 0.241 e. The molecule has 2 heteroatoms. The number of allylic oxidation sites excluding steroid dienone is 3. The first-order valence-corrected chi connectivity index (χ1v) is 14.2. The highest BCUT2D eigenvalue weighted by Gasteiger charge is 2.33. The van der Waals surface area contributed by atoms with Crippen LogP contribution >= 0.6 is 0 Å². The average Bonchev–Trinajstić information content (AvgIpc) is 2.77. The van der Waals surface area contributed by atoms with Crippen LogP contribution in [0, 0.1) is 0 Å². The van der Waals surface area contributed by atoms with E-state index in [2.05, 4.69) is 131 Å². The van der Waals surface area contributed by atoms with E-state index in [0.29, 0.717) is 0 Å². The van der Waals surface area contributed by atoms with Gasteiger partial charge in [-0.25, -0.2) is 0 Å². The molecule has 30 heavy (non-hydrogen) atoms. The van der Waals surface area contributed by atoms with Gasteiger partial charge in [0, 0.05) is 0 Å². The smallest absolute Gasteiger partial charge is 0.0766 e. The van der Waals surface area contributed by atoms with E-state index in [0.717, 1.165) is 0 Å². The molecule has 3 aromatic rings. The predicted molar refractivity (Wildman–Crippen MR) is 139 cm³/mol. The standard InChI is InChI=1S/C28H33BSi/c1-6-30(4,5)27(22-23(2)3)28(24-16-10-7-11-17-24)29(25-18-12-8-13-19-25)26-20-14-9-15-21-26/h7-22H,6H2,1-5H3/b28-27-. The van der Waals surface area contributed by atoms with Crippen molar-refractivity contribution in [2.75, 3.05) is 0 Å². The first-order chi connectivity index (χ1) is 14.4. The Bertz CT molecular complexity index is 959. The lowest BCUT2D eigenvalue weighted by Gasteiger charge is -2.30. The van der Waals surface area contributed by atoms with Gasteiger partial charge in [0.1, 0.15) is 0 Å². The van der Waals surface area contributed by atoms with Crippen LogP contribution in [0.3, 0.4) is 0 Å². The van der Waals surface area contributed by atoms with Gasteiger partial charge >= 0.3 is 0 Å². The lowest BCUT2D eigenvalue weighted by molar-refractivity contribution is 1.33. The predicted octanol–water partition coefficient (Wildman–Crippen LogP) is 6.52. The molecule has 0 N–H and O–H groups in total. The summed E-state index contributed by atoms with van der Waals surface area (Å²) in [6.07, 6.45) is 2.47. The Hall–Kier alpha value is -2.58. The summed E-state index contributed by atoms with van der Waals surface area (Å²) in [5.74, 6) is 0. The van der Waals surface area contributed by atoms with E-state index < -0.39 is 8.07 Å². The molecule has 0 amide bonds. The van der Waals surface area contributed by atoms with Gasteiger partial charge in [0.2, 0.25) is 6.71 Å². The summed E-state index contributed by atoms with van der Waals surface area (Å²) in [5, 5.41) is 1.56. The fourth-order valence-corrected chi connectivity index (χ4v) is 6.11. The van der Waals surface area contributed by atoms with Crippen molar-refractivity contribution in [1.82, 2.24) is 0 Å². The molecular formula is C28H33BSi. The Labute approximate surface area is 184 Å². The van der Waals surface area contributed by atoms with Gasteiger partial charge in [-0.05, 0) is 19.4 Å². The van der Waals surface area contributed by atoms with Crippen LogP contribution in [-0.2, 0) is 0 Å². The topological polar surface area (TPSA) is 0 Å². The summed E-state index contributed by atoms with van der Waals surface area (Å²) in [6.45, 7) is 12.0. The minimum Gasteiger partial charge on any atom is -0.0766 e. The molecule has 0 heterocycles. The summed E-state index contributed by atoms with van der Waals surface area (Å²) < 4.78 is 0. The van der Waals surface area contributed by atoms with Gasteiger partial charge in [0.15, 0.2) is 0 Å². The van der Waals surface area contributed by atoms with Crippen LogP contribution in [0.25, 0.3) is 5.47 Å². The third kappa shape index (κ3) is 5.12. The maximum atomic E-state index is 2.51. The second-order valence-electron chi connectivity index (χ2n) is 8.91. The molecule has 0 aliphatic heterocycles. The number of benzene rings is 3. The Morgan fingerprint density at radius 3 is 1.57 bits per heavy atom. The maximum absolute atomic E-state index is 2.51.